The molecule has 0 amide bonds. The van der Waals surface area contributed by atoms with Crippen molar-refractivity contribution in [1.82, 2.24) is 9.88 Å². The molecule has 3 aromatic rings. The van der Waals surface area contributed by atoms with Crippen LogP contribution in [0, 0.1) is 0 Å². The zero-order chi connectivity index (χ0) is 21.8. The first-order chi connectivity index (χ1) is 15.2. The van der Waals surface area contributed by atoms with E-state index in [0.717, 1.165) is 49.7 Å². The molecule has 2 heterocycles. The van der Waals surface area contributed by atoms with E-state index < -0.39 is 0 Å². The molecule has 1 saturated heterocycles. The summed E-state index contributed by atoms with van der Waals surface area (Å²) in [5.41, 5.74) is 6.16. The Morgan fingerprint density at radius 1 is 0.903 bits per heavy atom. The number of aromatic amines is 1. The lowest BCUT2D eigenvalue weighted by Crippen LogP contribution is -2.46. The predicted molar refractivity (Wildman–Crippen MR) is 130 cm³/mol. The van der Waals surface area contributed by atoms with Gasteiger partial charge in [-0.2, -0.15) is 0 Å². The van der Waals surface area contributed by atoms with Gasteiger partial charge in [-0.15, -0.1) is 0 Å². The summed E-state index contributed by atoms with van der Waals surface area (Å²) >= 11 is 0. The Labute approximate surface area is 185 Å². The van der Waals surface area contributed by atoms with E-state index >= 15 is 0 Å². The number of anilines is 1. The molecule has 31 heavy (non-hydrogen) atoms. The van der Waals surface area contributed by atoms with Crippen molar-refractivity contribution in [3.63, 3.8) is 0 Å². The molecule has 0 saturated carbocycles. The van der Waals surface area contributed by atoms with Gasteiger partial charge >= 0.3 is 0 Å². The van der Waals surface area contributed by atoms with Crippen LogP contribution >= 0.6 is 0 Å². The van der Waals surface area contributed by atoms with Gasteiger partial charge < -0.3 is 19.4 Å². The van der Waals surface area contributed by atoms with Crippen LogP contribution in [-0.2, 0) is 6.42 Å². The molecule has 0 aliphatic carbocycles. The van der Waals surface area contributed by atoms with Gasteiger partial charge in [-0.3, -0.25) is 4.90 Å². The Morgan fingerprint density at radius 2 is 1.68 bits per heavy atom. The van der Waals surface area contributed by atoms with Gasteiger partial charge in [-0.1, -0.05) is 20.3 Å². The van der Waals surface area contributed by atoms with Gasteiger partial charge in [-0.25, -0.2) is 0 Å². The lowest BCUT2D eigenvalue weighted by atomic mass is 10.0. The molecule has 0 bridgehead atoms. The van der Waals surface area contributed by atoms with Gasteiger partial charge in [0.2, 0.25) is 0 Å². The Hall–Kier alpha value is -2.66. The van der Waals surface area contributed by atoms with Crippen molar-refractivity contribution in [2.24, 2.45) is 0 Å². The first-order valence-electron chi connectivity index (χ1n) is 11.5. The summed E-state index contributed by atoms with van der Waals surface area (Å²) in [6.07, 6.45) is 3.54. The largest absolute Gasteiger partial charge is 0.493 e. The maximum absolute atomic E-state index is 5.53. The standard InChI is InChI=1S/C26H35N3O2/c1-5-7-12-28-13-15-29(16-14-28)20-9-10-23-22(18-20)21(6-2)26(27-23)19-8-11-24(30-3)25(17-19)31-4/h8-11,17-18,27H,5-7,12-16H2,1-4H3. The molecule has 5 heteroatoms. The van der Waals surface area contributed by atoms with Gasteiger partial charge in [0.15, 0.2) is 11.5 Å². The second-order valence-corrected chi connectivity index (χ2v) is 8.31. The second-order valence-electron chi connectivity index (χ2n) is 8.31. The van der Waals surface area contributed by atoms with E-state index in [2.05, 4.69) is 59.0 Å². The van der Waals surface area contributed by atoms with Gasteiger partial charge in [0.1, 0.15) is 0 Å². The molecule has 2 aromatic carbocycles. The second kappa shape index (κ2) is 9.65. The number of hydrogen-bond acceptors (Lipinski definition) is 4. The summed E-state index contributed by atoms with van der Waals surface area (Å²) < 4.78 is 10.9. The summed E-state index contributed by atoms with van der Waals surface area (Å²) in [5.74, 6) is 1.50. The molecule has 0 spiro atoms. The van der Waals surface area contributed by atoms with Crippen LogP contribution in [0.4, 0.5) is 5.69 Å². The number of unbranched alkanes of at least 4 members (excludes halogenated alkanes) is 1. The third kappa shape index (κ3) is 4.38. The quantitative estimate of drug-likeness (QED) is 0.533. The van der Waals surface area contributed by atoms with Crippen molar-refractivity contribution < 1.29 is 9.47 Å². The lowest BCUT2D eigenvalue weighted by molar-refractivity contribution is 0.254. The van der Waals surface area contributed by atoms with Gasteiger partial charge in [0.05, 0.1) is 14.2 Å². The van der Waals surface area contributed by atoms with Crippen LogP contribution in [-0.4, -0.2) is 56.8 Å². The average Bonchev–Trinajstić information content (AvgIpc) is 3.20. The van der Waals surface area contributed by atoms with Crippen LogP contribution in [0.3, 0.4) is 0 Å². The number of methoxy groups -OCH3 is 2. The minimum absolute atomic E-state index is 0.751. The fraction of sp³-hybridized carbons (Fsp3) is 0.462. The third-order valence-corrected chi connectivity index (χ3v) is 6.48. The molecular weight excluding hydrogens is 386 g/mol. The van der Waals surface area contributed by atoms with Gasteiger partial charge in [0, 0.05) is 54.0 Å². The highest BCUT2D eigenvalue weighted by Crippen LogP contribution is 2.37. The Morgan fingerprint density at radius 3 is 2.35 bits per heavy atom. The molecule has 0 radical (unpaired) electrons. The number of benzene rings is 2. The molecule has 1 aliphatic rings. The Bertz CT molecular complexity index is 1020. The Balaban J connectivity index is 1.62. The highest BCUT2D eigenvalue weighted by molar-refractivity contribution is 5.93. The van der Waals surface area contributed by atoms with Crippen LogP contribution in [0.2, 0.25) is 0 Å². The monoisotopic (exact) mass is 421 g/mol. The van der Waals surface area contributed by atoms with Crippen LogP contribution in [0.5, 0.6) is 11.5 Å². The molecule has 1 aliphatic heterocycles. The first-order valence-corrected chi connectivity index (χ1v) is 11.5. The van der Waals surface area contributed by atoms with Crippen molar-refractivity contribution in [3.05, 3.63) is 42.0 Å². The predicted octanol–water partition coefficient (Wildman–Crippen LogP) is 5.34. The minimum Gasteiger partial charge on any atom is -0.493 e. The highest BCUT2D eigenvalue weighted by Gasteiger charge is 2.19. The van der Waals surface area contributed by atoms with E-state index in [1.54, 1.807) is 14.2 Å². The summed E-state index contributed by atoms with van der Waals surface area (Å²) in [6.45, 7) is 10.2. The maximum Gasteiger partial charge on any atom is 0.161 e. The van der Waals surface area contributed by atoms with Crippen LogP contribution < -0.4 is 14.4 Å². The summed E-state index contributed by atoms with van der Waals surface area (Å²) in [5, 5.41) is 1.32. The summed E-state index contributed by atoms with van der Waals surface area (Å²) in [6, 6.07) is 13.0. The number of nitrogens with one attached hydrogen (secondary N) is 1. The van der Waals surface area contributed by atoms with E-state index in [1.807, 2.05) is 6.07 Å². The Kier molecular flexibility index (Phi) is 6.71. The number of fused-ring (bicyclic) bond motifs is 1. The van der Waals surface area contributed by atoms with Crippen molar-refractivity contribution in [1.29, 1.82) is 0 Å². The van der Waals surface area contributed by atoms with Crippen molar-refractivity contribution in [2.45, 2.75) is 33.1 Å². The van der Waals surface area contributed by atoms with E-state index in [4.69, 9.17) is 9.47 Å². The molecule has 166 valence electrons. The molecule has 1 aromatic heterocycles. The first kappa shape index (κ1) is 21.6. The smallest absolute Gasteiger partial charge is 0.161 e. The topological polar surface area (TPSA) is 40.7 Å². The molecule has 5 nitrogen and oxygen atoms in total. The third-order valence-electron chi connectivity index (χ3n) is 6.48. The number of rotatable bonds is 8. The lowest BCUT2D eigenvalue weighted by Gasteiger charge is -2.36. The normalized spacial score (nSPS) is 14.9. The number of piperazine rings is 1. The van der Waals surface area contributed by atoms with Gasteiger partial charge in [0.25, 0.3) is 0 Å². The van der Waals surface area contributed by atoms with Crippen molar-refractivity contribution in [2.75, 3.05) is 51.8 Å². The molecule has 1 N–H and O–H groups in total. The number of hydrogen-bond donors (Lipinski definition) is 1. The summed E-state index contributed by atoms with van der Waals surface area (Å²) in [7, 11) is 3.35. The fourth-order valence-corrected chi connectivity index (χ4v) is 4.65. The SMILES string of the molecule is CCCCN1CCN(c2ccc3[nH]c(-c4ccc(OC)c(OC)c4)c(CC)c3c2)CC1. The molecule has 4 rings (SSSR count). The highest BCUT2D eigenvalue weighted by atomic mass is 16.5. The number of H-pyrrole nitrogens is 1. The number of aryl methyl sites for hydroxylation is 1. The molecular formula is C26H35N3O2. The maximum atomic E-state index is 5.53. The van der Waals surface area contributed by atoms with E-state index in [0.29, 0.717) is 0 Å². The van der Waals surface area contributed by atoms with Gasteiger partial charge in [-0.05, 0) is 61.3 Å². The zero-order valence-electron chi connectivity index (χ0n) is 19.3. The number of ether oxygens (including phenoxy) is 2. The summed E-state index contributed by atoms with van der Waals surface area (Å²) in [4.78, 5) is 8.79. The molecule has 0 atom stereocenters. The van der Waals surface area contributed by atoms with Crippen LogP contribution in [0.25, 0.3) is 22.2 Å². The van der Waals surface area contributed by atoms with Crippen molar-refractivity contribution >= 4 is 16.6 Å². The minimum atomic E-state index is 0.751. The van der Waals surface area contributed by atoms with E-state index in [9.17, 15) is 0 Å². The fourth-order valence-electron chi connectivity index (χ4n) is 4.65. The van der Waals surface area contributed by atoms with E-state index in [1.165, 1.54) is 47.2 Å². The van der Waals surface area contributed by atoms with Crippen molar-refractivity contribution in [3.8, 4) is 22.8 Å². The van der Waals surface area contributed by atoms with Crippen LogP contribution in [0.1, 0.15) is 32.3 Å². The average molecular weight is 422 g/mol. The number of nitrogens with zero attached hydrogens (tertiary/aromatic N) is 2. The molecule has 1 fully saturated rings. The zero-order valence-corrected chi connectivity index (χ0v) is 19.3. The number of aromatic nitrogens is 1. The van der Waals surface area contributed by atoms with E-state index in [-0.39, 0.29) is 0 Å². The molecule has 0 unspecified atom stereocenters. The van der Waals surface area contributed by atoms with Crippen LogP contribution in [0.15, 0.2) is 36.4 Å².